The molecule has 2 aromatic rings. The number of aromatic nitrogens is 2. The van der Waals surface area contributed by atoms with Crippen molar-refractivity contribution in [1.82, 2.24) is 9.97 Å². The Hall–Kier alpha value is -1.13. The van der Waals surface area contributed by atoms with Crippen LogP contribution in [-0.4, -0.2) is 9.97 Å². The molecule has 0 spiro atoms. The Morgan fingerprint density at radius 1 is 1.53 bits per heavy atom. The van der Waals surface area contributed by atoms with E-state index in [1.165, 1.54) is 11.2 Å². The van der Waals surface area contributed by atoms with Crippen LogP contribution >= 0.6 is 22.9 Å². The molecule has 2 aromatic heterocycles. The summed E-state index contributed by atoms with van der Waals surface area (Å²) in [5.74, 6) is 0.702. The quantitative estimate of drug-likeness (QED) is 0.885. The third kappa shape index (κ3) is 3.17. The van der Waals surface area contributed by atoms with E-state index in [0.29, 0.717) is 10.8 Å². The number of nitrogens with one attached hydrogen (secondary N) is 1. The highest BCUT2D eigenvalue weighted by Crippen LogP contribution is 2.28. The molecule has 0 bridgehead atoms. The Kier molecular flexibility index (Phi) is 4.34. The summed E-state index contributed by atoms with van der Waals surface area (Å²) in [4.78, 5) is 9.35. The zero-order valence-electron chi connectivity index (χ0n) is 9.56. The van der Waals surface area contributed by atoms with Gasteiger partial charge in [-0.1, -0.05) is 31.0 Å². The van der Waals surface area contributed by atoms with E-state index in [-0.39, 0.29) is 6.04 Å². The highest BCUT2D eigenvalue weighted by atomic mass is 35.5. The predicted octanol–water partition coefficient (Wildman–Crippen LogP) is 4.14. The maximum absolute atomic E-state index is 6.05. The lowest BCUT2D eigenvalue weighted by Crippen LogP contribution is -2.10. The molecule has 5 heteroatoms. The Balaban J connectivity index is 2.16. The van der Waals surface area contributed by atoms with Crippen molar-refractivity contribution < 1.29 is 0 Å². The SMILES string of the molecule is CCCC(Nc1ncncc1Cl)c1cccs1. The van der Waals surface area contributed by atoms with Crippen molar-refractivity contribution in [1.29, 1.82) is 0 Å². The predicted molar refractivity (Wildman–Crippen MR) is 72.6 cm³/mol. The van der Waals surface area contributed by atoms with Gasteiger partial charge in [0.2, 0.25) is 0 Å². The molecule has 0 radical (unpaired) electrons. The van der Waals surface area contributed by atoms with Crippen LogP contribution in [0.1, 0.15) is 30.7 Å². The molecule has 0 amide bonds. The Morgan fingerprint density at radius 3 is 3.06 bits per heavy atom. The lowest BCUT2D eigenvalue weighted by Gasteiger charge is -2.17. The highest BCUT2D eigenvalue weighted by Gasteiger charge is 2.13. The van der Waals surface area contributed by atoms with Gasteiger partial charge in [0, 0.05) is 4.88 Å². The molecule has 0 aliphatic carbocycles. The van der Waals surface area contributed by atoms with Gasteiger partial charge in [0.15, 0.2) is 0 Å². The Bertz CT molecular complexity index is 459. The largest absolute Gasteiger partial charge is 0.361 e. The Labute approximate surface area is 110 Å². The van der Waals surface area contributed by atoms with E-state index >= 15 is 0 Å². The second-order valence-corrected chi connectivity index (χ2v) is 5.11. The fraction of sp³-hybridized carbons (Fsp3) is 0.333. The van der Waals surface area contributed by atoms with Crippen molar-refractivity contribution in [2.45, 2.75) is 25.8 Å². The summed E-state index contributed by atoms with van der Waals surface area (Å²) in [5.41, 5.74) is 0. The molecule has 0 aromatic carbocycles. The number of halogens is 1. The molecular formula is C12H14ClN3S. The zero-order chi connectivity index (χ0) is 12.1. The van der Waals surface area contributed by atoms with Crippen LogP contribution in [0.25, 0.3) is 0 Å². The van der Waals surface area contributed by atoms with E-state index in [9.17, 15) is 0 Å². The maximum Gasteiger partial charge on any atom is 0.148 e. The molecule has 0 aliphatic heterocycles. The second-order valence-electron chi connectivity index (χ2n) is 3.72. The Morgan fingerprint density at radius 2 is 2.41 bits per heavy atom. The highest BCUT2D eigenvalue weighted by molar-refractivity contribution is 7.10. The molecule has 1 atom stereocenters. The first kappa shape index (κ1) is 12.3. The molecular weight excluding hydrogens is 254 g/mol. The molecule has 0 fully saturated rings. The van der Waals surface area contributed by atoms with E-state index in [1.807, 2.05) is 0 Å². The van der Waals surface area contributed by atoms with Crippen LogP contribution in [0.5, 0.6) is 0 Å². The monoisotopic (exact) mass is 267 g/mol. The van der Waals surface area contributed by atoms with Crippen molar-refractivity contribution in [3.05, 3.63) is 39.9 Å². The van der Waals surface area contributed by atoms with Gasteiger partial charge < -0.3 is 5.32 Å². The fourth-order valence-electron chi connectivity index (χ4n) is 1.65. The van der Waals surface area contributed by atoms with Crippen LogP contribution in [0.4, 0.5) is 5.82 Å². The summed E-state index contributed by atoms with van der Waals surface area (Å²) < 4.78 is 0. The van der Waals surface area contributed by atoms with Crippen LogP contribution < -0.4 is 5.32 Å². The zero-order valence-corrected chi connectivity index (χ0v) is 11.1. The maximum atomic E-state index is 6.05. The smallest absolute Gasteiger partial charge is 0.148 e. The molecule has 0 aliphatic rings. The van der Waals surface area contributed by atoms with Gasteiger partial charge in [-0.25, -0.2) is 9.97 Å². The number of hydrogen-bond acceptors (Lipinski definition) is 4. The van der Waals surface area contributed by atoms with Gasteiger partial charge in [-0.15, -0.1) is 11.3 Å². The van der Waals surface area contributed by atoms with Gasteiger partial charge in [-0.05, 0) is 17.9 Å². The van der Waals surface area contributed by atoms with Crippen LogP contribution in [0, 0.1) is 0 Å². The van der Waals surface area contributed by atoms with E-state index < -0.39 is 0 Å². The van der Waals surface area contributed by atoms with Gasteiger partial charge in [-0.2, -0.15) is 0 Å². The first-order valence-corrected chi connectivity index (χ1v) is 6.82. The molecule has 17 heavy (non-hydrogen) atoms. The van der Waals surface area contributed by atoms with E-state index in [1.54, 1.807) is 17.5 Å². The van der Waals surface area contributed by atoms with Gasteiger partial charge in [0.05, 0.1) is 12.2 Å². The minimum Gasteiger partial charge on any atom is -0.361 e. The van der Waals surface area contributed by atoms with E-state index in [4.69, 9.17) is 11.6 Å². The van der Waals surface area contributed by atoms with Crippen LogP contribution in [0.2, 0.25) is 5.02 Å². The summed E-state index contributed by atoms with van der Waals surface area (Å²) >= 11 is 7.79. The number of anilines is 1. The summed E-state index contributed by atoms with van der Waals surface area (Å²) in [7, 11) is 0. The standard InChI is InChI=1S/C12H14ClN3S/c1-2-4-10(11-5-3-6-17-11)16-12-9(13)7-14-8-15-12/h3,5-8,10H,2,4H2,1H3,(H,14,15,16). The second kappa shape index (κ2) is 5.98. The molecule has 90 valence electrons. The molecule has 1 N–H and O–H groups in total. The number of hydrogen-bond donors (Lipinski definition) is 1. The van der Waals surface area contributed by atoms with E-state index in [0.717, 1.165) is 12.8 Å². The number of thiophene rings is 1. The van der Waals surface area contributed by atoms with E-state index in [2.05, 4.69) is 39.7 Å². The van der Waals surface area contributed by atoms with Gasteiger partial charge in [0.1, 0.15) is 17.2 Å². The fourth-order valence-corrected chi connectivity index (χ4v) is 2.62. The van der Waals surface area contributed by atoms with Gasteiger partial charge in [-0.3, -0.25) is 0 Å². The summed E-state index contributed by atoms with van der Waals surface area (Å²) in [6.07, 6.45) is 5.28. The lowest BCUT2D eigenvalue weighted by molar-refractivity contribution is 0.684. The summed E-state index contributed by atoms with van der Waals surface area (Å²) in [6.45, 7) is 2.17. The van der Waals surface area contributed by atoms with Crippen LogP contribution in [0.15, 0.2) is 30.0 Å². The van der Waals surface area contributed by atoms with Crippen molar-refractivity contribution in [3.8, 4) is 0 Å². The van der Waals surface area contributed by atoms with Crippen LogP contribution in [0.3, 0.4) is 0 Å². The molecule has 0 saturated carbocycles. The normalized spacial score (nSPS) is 12.4. The molecule has 1 unspecified atom stereocenters. The van der Waals surface area contributed by atoms with Crippen molar-refractivity contribution in [2.75, 3.05) is 5.32 Å². The summed E-state index contributed by atoms with van der Waals surface area (Å²) in [6, 6.07) is 4.46. The van der Waals surface area contributed by atoms with Crippen LogP contribution in [-0.2, 0) is 0 Å². The molecule has 0 saturated heterocycles. The number of rotatable bonds is 5. The third-order valence-electron chi connectivity index (χ3n) is 2.44. The average molecular weight is 268 g/mol. The minimum atomic E-state index is 0.271. The lowest BCUT2D eigenvalue weighted by atomic mass is 10.1. The summed E-state index contributed by atoms with van der Waals surface area (Å²) in [5, 5.41) is 6.02. The molecule has 2 heterocycles. The first-order valence-electron chi connectivity index (χ1n) is 5.56. The molecule has 2 rings (SSSR count). The van der Waals surface area contributed by atoms with Crippen molar-refractivity contribution in [3.63, 3.8) is 0 Å². The van der Waals surface area contributed by atoms with Gasteiger partial charge >= 0.3 is 0 Å². The number of nitrogens with zero attached hydrogens (tertiary/aromatic N) is 2. The van der Waals surface area contributed by atoms with Crippen molar-refractivity contribution >= 4 is 28.8 Å². The average Bonchev–Trinajstić information content (AvgIpc) is 2.85. The third-order valence-corrected chi connectivity index (χ3v) is 3.71. The minimum absolute atomic E-state index is 0.271. The molecule has 3 nitrogen and oxygen atoms in total. The first-order chi connectivity index (χ1) is 8.31. The van der Waals surface area contributed by atoms with Gasteiger partial charge in [0.25, 0.3) is 0 Å². The van der Waals surface area contributed by atoms with Crippen molar-refractivity contribution in [2.24, 2.45) is 0 Å². The topological polar surface area (TPSA) is 37.8 Å².